The van der Waals surface area contributed by atoms with Crippen LogP contribution in [0.4, 0.5) is 5.69 Å². The highest BCUT2D eigenvalue weighted by Crippen LogP contribution is 2.55. The van der Waals surface area contributed by atoms with Gasteiger partial charge in [0.25, 0.3) is 5.54 Å². The van der Waals surface area contributed by atoms with Crippen LogP contribution in [0.25, 0.3) is 5.57 Å². The fraction of sp³-hybridized carbons (Fsp3) is 0.294. The molecule has 24 heavy (non-hydrogen) atoms. The van der Waals surface area contributed by atoms with Gasteiger partial charge in [-0.1, -0.05) is 38.6 Å². The Balaban J connectivity index is 3.05. The summed E-state index contributed by atoms with van der Waals surface area (Å²) in [6.07, 6.45) is 3.26. The summed E-state index contributed by atoms with van der Waals surface area (Å²) in [4.78, 5) is 22.7. The van der Waals surface area contributed by atoms with Crippen LogP contribution in [-0.4, -0.2) is 10.5 Å². The van der Waals surface area contributed by atoms with E-state index in [0.717, 1.165) is 5.56 Å². The first-order chi connectivity index (χ1) is 11.1. The van der Waals surface area contributed by atoms with Crippen molar-refractivity contribution in [2.24, 2.45) is 5.18 Å². The minimum absolute atomic E-state index is 0.227. The van der Waals surface area contributed by atoms with E-state index in [4.69, 9.17) is 0 Å². The maximum Gasteiger partial charge on any atom is 0.268 e. The zero-order valence-electron chi connectivity index (χ0n) is 13.5. The molecular formula is C17H16Br2N2O3. The van der Waals surface area contributed by atoms with Crippen LogP contribution in [0.3, 0.4) is 0 Å². The summed E-state index contributed by atoms with van der Waals surface area (Å²) < 4.78 is 0.462. The Labute approximate surface area is 156 Å². The Morgan fingerprint density at radius 1 is 1.33 bits per heavy atom. The van der Waals surface area contributed by atoms with Crippen molar-refractivity contribution in [2.45, 2.75) is 31.7 Å². The number of hydrogen-bond donors (Lipinski definition) is 0. The minimum Gasteiger partial charge on any atom is -0.263 e. The molecule has 0 amide bonds. The second kappa shape index (κ2) is 6.37. The lowest BCUT2D eigenvalue weighted by atomic mass is 9.60. The van der Waals surface area contributed by atoms with Gasteiger partial charge in [-0.25, -0.2) is 0 Å². The van der Waals surface area contributed by atoms with Crippen LogP contribution >= 0.6 is 31.9 Å². The van der Waals surface area contributed by atoms with Gasteiger partial charge in [-0.2, -0.15) is 0 Å². The van der Waals surface area contributed by atoms with Crippen molar-refractivity contribution in [1.82, 2.24) is 0 Å². The number of nitro groups is 1. The van der Waals surface area contributed by atoms with Gasteiger partial charge >= 0.3 is 0 Å². The molecule has 2 rings (SSSR count). The molecule has 126 valence electrons. The average molecular weight is 456 g/mol. The first-order valence-corrected chi connectivity index (χ1v) is 8.73. The molecule has 0 saturated carbocycles. The second-order valence-electron chi connectivity index (χ2n) is 6.23. The standard InChI is InChI=1S/C17H16Br2N2O3/c1-5-6-13-16(2,3)12-8-7-10(20-22)9-11(12)14(15(18)19)17(13,4)21(23)24/h5-9H,1H2,2-4H3/b13-6-/t17-/m1/s1. The van der Waals surface area contributed by atoms with E-state index in [1.807, 2.05) is 13.8 Å². The molecule has 1 aliphatic rings. The maximum atomic E-state index is 12.1. The highest BCUT2D eigenvalue weighted by Gasteiger charge is 2.56. The zero-order valence-corrected chi connectivity index (χ0v) is 16.6. The van der Waals surface area contributed by atoms with Gasteiger partial charge in [0.05, 0.1) is 8.96 Å². The van der Waals surface area contributed by atoms with E-state index in [-0.39, 0.29) is 10.6 Å². The molecule has 0 saturated heterocycles. The highest BCUT2D eigenvalue weighted by atomic mass is 79.9. The van der Waals surface area contributed by atoms with E-state index in [9.17, 15) is 15.0 Å². The van der Waals surface area contributed by atoms with E-state index in [1.54, 1.807) is 37.3 Å². The summed E-state index contributed by atoms with van der Waals surface area (Å²) in [7, 11) is 0. The summed E-state index contributed by atoms with van der Waals surface area (Å²) in [5.74, 6) is 0. The van der Waals surface area contributed by atoms with E-state index < -0.39 is 11.0 Å². The fourth-order valence-electron chi connectivity index (χ4n) is 3.46. The lowest BCUT2D eigenvalue weighted by Crippen LogP contribution is -2.49. The molecule has 0 heterocycles. The van der Waals surface area contributed by atoms with Gasteiger partial charge in [-0.15, -0.1) is 4.91 Å². The predicted octanol–water partition coefficient (Wildman–Crippen LogP) is 5.98. The largest absolute Gasteiger partial charge is 0.268 e. The smallest absolute Gasteiger partial charge is 0.263 e. The van der Waals surface area contributed by atoms with Gasteiger partial charge in [0.15, 0.2) is 0 Å². The van der Waals surface area contributed by atoms with E-state index in [0.29, 0.717) is 20.1 Å². The molecule has 0 radical (unpaired) electrons. The molecule has 0 unspecified atom stereocenters. The first kappa shape index (κ1) is 18.7. The number of benzene rings is 1. The van der Waals surface area contributed by atoms with Crippen LogP contribution < -0.4 is 0 Å². The molecular weight excluding hydrogens is 440 g/mol. The Morgan fingerprint density at radius 3 is 2.42 bits per heavy atom. The molecule has 1 atom stereocenters. The van der Waals surface area contributed by atoms with Gasteiger partial charge in [0, 0.05) is 22.8 Å². The van der Waals surface area contributed by atoms with Crippen molar-refractivity contribution in [3.8, 4) is 0 Å². The third-order valence-corrected chi connectivity index (χ3v) is 5.37. The van der Waals surface area contributed by atoms with Crippen LogP contribution in [0.5, 0.6) is 0 Å². The van der Waals surface area contributed by atoms with E-state index in [1.165, 1.54) is 0 Å². The second-order valence-corrected chi connectivity index (χ2v) is 8.88. The van der Waals surface area contributed by atoms with Crippen molar-refractivity contribution >= 4 is 43.1 Å². The Hall–Kier alpha value is -1.60. The third kappa shape index (κ3) is 2.59. The number of halogens is 2. The van der Waals surface area contributed by atoms with Crippen LogP contribution in [0.1, 0.15) is 31.9 Å². The molecule has 5 nitrogen and oxygen atoms in total. The van der Waals surface area contributed by atoms with Gasteiger partial charge < -0.3 is 0 Å². The van der Waals surface area contributed by atoms with Gasteiger partial charge in [0.1, 0.15) is 5.69 Å². The molecule has 0 bridgehead atoms. The monoisotopic (exact) mass is 454 g/mol. The van der Waals surface area contributed by atoms with Crippen molar-refractivity contribution in [3.63, 3.8) is 0 Å². The number of allylic oxidation sites excluding steroid dienone is 2. The van der Waals surface area contributed by atoms with E-state index >= 15 is 0 Å². The average Bonchev–Trinajstić information content (AvgIpc) is 2.50. The molecule has 0 N–H and O–H groups in total. The van der Waals surface area contributed by atoms with Crippen LogP contribution in [0.15, 0.2) is 51.1 Å². The van der Waals surface area contributed by atoms with Crippen molar-refractivity contribution in [3.05, 3.63) is 72.0 Å². The molecule has 0 aromatic heterocycles. The van der Waals surface area contributed by atoms with Crippen molar-refractivity contribution in [2.75, 3.05) is 0 Å². The molecule has 0 spiro atoms. The molecule has 0 fully saturated rings. The molecule has 1 aromatic carbocycles. The summed E-state index contributed by atoms with van der Waals surface area (Å²) in [6.45, 7) is 9.12. The third-order valence-electron chi connectivity index (χ3n) is 4.57. The fourth-order valence-corrected chi connectivity index (χ4v) is 4.65. The summed E-state index contributed by atoms with van der Waals surface area (Å²) in [5.41, 5.74) is 0.682. The summed E-state index contributed by atoms with van der Waals surface area (Å²) >= 11 is 6.68. The molecule has 7 heteroatoms. The highest BCUT2D eigenvalue weighted by molar-refractivity contribution is 9.28. The molecule has 1 aliphatic carbocycles. The SMILES string of the molecule is C=C/C=C1/C(C)(C)c2ccc(N=O)cc2C(=C(Br)Br)[C@]1(C)[N+](=O)[O-]. The quantitative estimate of drug-likeness (QED) is 0.319. The number of nitrogens with zero attached hydrogens (tertiary/aromatic N) is 2. The lowest BCUT2D eigenvalue weighted by molar-refractivity contribution is -0.536. The molecule has 1 aromatic rings. The Morgan fingerprint density at radius 2 is 1.96 bits per heavy atom. The maximum absolute atomic E-state index is 12.1. The number of nitroso groups, excluding NO2 is 1. The lowest BCUT2D eigenvalue weighted by Gasteiger charge is -2.43. The van der Waals surface area contributed by atoms with Crippen molar-refractivity contribution in [1.29, 1.82) is 0 Å². The summed E-state index contributed by atoms with van der Waals surface area (Å²) in [5, 5.41) is 15.1. The van der Waals surface area contributed by atoms with Crippen LogP contribution in [-0.2, 0) is 5.41 Å². The zero-order chi connectivity index (χ0) is 18.3. The number of hydrogen-bond acceptors (Lipinski definition) is 4. The van der Waals surface area contributed by atoms with E-state index in [2.05, 4.69) is 43.6 Å². The van der Waals surface area contributed by atoms with Gasteiger partial charge in [-0.3, -0.25) is 10.1 Å². The predicted molar refractivity (Wildman–Crippen MR) is 103 cm³/mol. The normalized spacial score (nSPS) is 23.5. The van der Waals surface area contributed by atoms with Crippen LogP contribution in [0.2, 0.25) is 0 Å². The van der Waals surface area contributed by atoms with Gasteiger partial charge in [0.2, 0.25) is 0 Å². The number of rotatable bonds is 3. The Kier molecular flexibility index (Phi) is 4.97. The number of fused-ring (bicyclic) bond motifs is 1. The minimum atomic E-state index is -1.49. The Bertz CT molecular complexity index is 808. The molecule has 0 aliphatic heterocycles. The summed E-state index contributed by atoms with van der Waals surface area (Å²) in [6, 6.07) is 5.01. The van der Waals surface area contributed by atoms with Crippen LogP contribution in [0, 0.1) is 15.0 Å². The van der Waals surface area contributed by atoms with Gasteiger partial charge in [-0.05, 0) is 60.3 Å². The topological polar surface area (TPSA) is 72.6 Å². The van der Waals surface area contributed by atoms with Crippen molar-refractivity contribution < 1.29 is 4.92 Å². The first-order valence-electron chi connectivity index (χ1n) is 7.14.